The summed E-state index contributed by atoms with van der Waals surface area (Å²) >= 11 is 0. The maximum atomic E-state index is 12.8. The van der Waals surface area contributed by atoms with Gasteiger partial charge in [-0.1, -0.05) is 24.3 Å². The quantitative estimate of drug-likeness (QED) is 0.868. The molecule has 0 saturated heterocycles. The van der Waals surface area contributed by atoms with Crippen molar-refractivity contribution in [2.24, 2.45) is 0 Å². The van der Waals surface area contributed by atoms with E-state index >= 15 is 0 Å². The minimum atomic E-state index is 0.172. The van der Waals surface area contributed by atoms with Crippen LogP contribution in [0.3, 0.4) is 0 Å². The number of fused-ring (bicyclic) bond motifs is 2. The molecule has 0 unspecified atom stereocenters. The van der Waals surface area contributed by atoms with Crippen LogP contribution in [0, 0.1) is 0 Å². The summed E-state index contributed by atoms with van der Waals surface area (Å²) < 4.78 is 0. The van der Waals surface area contributed by atoms with Gasteiger partial charge in [0, 0.05) is 30.2 Å². The van der Waals surface area contributed by atoms with Gasteiger partial charge in [-0.15, -0.1) is 0 Å². The Balaban J connectivity index is 1.56. The highest BCUT2D eigenvalue weighted by Crippen LogP contribution is 2.32. The first-order valence-electron chi connectivity index (χ1n) is 8.24. The van der Waals surface area contributed by atoms with Gasteiger partial charge in [0.15, 0.2) is 0 Å². The van der Waals surface area contributed by atoms with E-state index in [0.29, 0.717) is 6.54 Å². The molecule has 23 heavy (non-hydrogen) atoms. The van der Waals surface area contributed by atoms with Crippen LogP contribution in [0.15, 0.2) is 42.5 Å². The summed E-state index contributed by atoms with van der Waals surface area (Å²) in [6, 6.07) is 14.2. The molecule has 118 valence electrons. The molecular formula is C19H21N3O. The van der Waals surface area contributed by atoms with Crippen LogP contribution in [0.25, 0.3) is 0 Å². The van der Waals surface area contributed by atoms with Gasteiger partial charge in [0.1, 0.15) is 0 Å². The highest BCUT2D eigenvalue weighted by atomic mass is 16.2. The number of nitrogens with zero attached hydrogens (tertiary/aromatic N) is 2. The van der Waals surface area contributed by atoms with Crippen molar-refractivity contribution < 1.29 is 4.79 Å². The molecule has 0 atom stereocenters. The molecule has 0 radical (unpaired) electrons. The molecule has 4 nitrogen and oxygen atoms in total. The van der Waals surface area contributed by atoms with Crippen LogP contribution in [-0.2, 0) is 17.6 Å². The molecule has 2 aliphatic rings. The van der Waals surface area contributed by atoms with Crippen LogP contribution in [-0.4, -0.2) is 25.5 Å². The lowest BCUT2D eigenvalue weighted by molar-refractivity contribution is -0.117. The molecule has 4 rings (SSSR count). The molecular weight excluding hydrogens is 286 g/mol. The van der Waals surface area contributed by atoms with Crippen LogP contribution >= 0.6 is 0 Å². The first-order chi connectivity index (χ1) is 11.2. The van der Waals surface area contributed by atoms with Crippen molar-refractivity contribution in [2.45, 2.75) is 19.3 Å². The SMILES string of the molecule is Nc1cccc2c1CCCN2CC(=O)N1CCc2ccccc21. The normalized spacial score (nSPS) is 16.2. The Morgan fingerprint density at radius 1 is 1.00 bits per heavy atom. The van der Waals surface area contributed by atoms with E-state index < -0.39 is 0 Å². The number of benzene rings is 2. The molecule has 0 aliphatic carbocycles. The predicted octanol–water partition coefficient (Wildman–Crippen LogP) is 2.61. The Labute approximate surface area is 136 Å². The molecule has 0 fully saturated rings. The molecule has 4 heteroatoms. The van der Waals surface area contributed by atoms with E-state index in [2.05, 4.69) is 17.0 Å². The lowest BCUT2D eigenvalue weighted by Gasteiger charge is -2.32. The van der Waals surface area contributed by atoms with Crippen molar-refractivity contribution in [3.05, 3.63) is 53.6 Å². The van der Waals surface area contributed by atoms with Crippen LogP contribution in [0.2, 0.25) is 0 Å². The lowest BCUT2D eigenvalue weighted by Crippen LogP contribution is -2.41. The van der Waals surface area contributed by atoms with Gasteiger partial charge >= 0.3 is 0 Å². The van der Waals surface area contributed by atoms with Crippen molar-refractivity contribution >= 4 is 23.0 Å². The Morgan fingerprint density at radius 3 is 2.74 bits per heavy atom. The molecule has 0 spiro atoms. The number of carbonyl (C=O) groups is 1. The Kier molecular flexibility index (Phi) is 3.45. The van der Waals surface area contributed by atoms with Crippen LogP contribution in [0.4, 0.5) is 17.1 Å². The largest absolute Gasteiger partial charge is 0.398 e. The first kappa shape index (κ1) is 14.1. The Bertz CT molecular complexity index is 756. The number of hydrogen-bond donors (Lipinski definition) is 1. The topological polar surface area (TPSA) is 49.6 Å². The van der Waals surface area contributed by atoms with E-state index in [0.717, 1.165) is 49.4 Å². The second-order valence-corrected chi connectivity index (χ2v) is 6.29. The number of para-hydroxylation sites is 1. The molecule has 0 aromatic heterocycles. The summed E-state index contributed by atoms with van der Waals surface area (Å²) in [5.41, 5.74) is 11.6. The third-order valence-corrected chi connectivity index (χ3v) is 4.90. The van der Waals surface area contributed by atoms with Crippen LogP contribution in [0.5, 0.6) is 0 Å². The Hall–Kier alpha value is -2.49. The van der Waals surface area contributed by atoms with Crippen molar-refractivity contribution in [1.29, 1.82) is 0 Å². The summed E-state index contributed by atoms with van der Waals surface area (Å²) in [6.07, 6.45) is 3.00. The summed E-state index contributed by atoms with van der Waals surface area (Å²) in [7, 11) is 0. The van der Waals surface area contributed by atoms with Crippen molar-refractivity contribution in [3.63, 3.8) is 0 Å². The summed E-state index contributed by atoms with van der Waals surface area (Å²) in [5.74, 6) is 0.172. The number of anilines is 3. The number of nitrogen functional groups attached to an aromatic ring is 1. The maximum absolute atomic E-state index is 12.8. The van der Waals surface area contributed by atoms with Gasteiger partial charge in [0.2, 0.25) is 5.91 Å². The second-order valence-electron chi connectivity index (χ2n) is 6.29. The lowest BCUT2D eigenvalue weighted by atomic mass is 10.00. The number of amides is 1. The number of carbonyl (C=O) groups excluding carboxylic acids is 1. The van der Waals surface area contributed by atoms with Gasteiger partial charge in [0.25, 0.3) is 0 Å². The number of nitrogens with two attached hydrogens (primary N) is 1. The van der Waals surface area contributed by atoms with Crippen LogP contribution in [0.1, 0.15) is 17.5 Å². The molecule has 2 aliphatic heterocycles. The van der Waals surface area contributed by atoms with Gasteiger partial charge < -0.3 is 15.5 Å². The summed E-state index contributed by atoms with van der Waals surface area (Å²) in [5, 5.41) is 0. The van der Waals surface area contributed by atoms with Gasteiger partial charge in [-0.2, -0.15) is 0 Å². The second kappa shape index (κ2) is 5.61. The van der Waals surface area contributed by atoms with Crippen molar-refractivity contribution in [3.8, 4) is 0 Å². The Morgan fingerprint density at radius 2 is 1.83 bits per heavy atom. The fourth-order valence-electron chi connectivity index (χ4n) is 3.74. The summed E-state index contributed by atoms with van der Waals surface area (Å²) in [4.78, 5) is 16.9. The van der Waals surface area contributed by atoms with Gasteiger partial charge in [0.05, 0.1) is 6.54 Å². The van der Waals surface area contributed by atoms with E-state index in [-0.39, 0.29) is 5.91 Å². The van der Waals surface area contributed by atoms with E-state index in [9.17, 15) is 4.79 Å². The van der Waals surface area contributed by atoms with Gasteiger partial charge in [-0.3, -0.25) is 4.79 Å². The molecule has 2 aromatic rings. The van der Waals surface area contributed by atoms with E-state index in [1.165, 1.54) is 11.1 Å². The molecule has 2 heterocycles. The first-order valence-corrected chi connectivity index (χ1v) is 8.24. The predicted molar refractivity (Wildman–Crippen MR) is 93.9 cm³/mol. The van der Waals surface area contributed by atoms with Gasteiger partial charge in [-0.25, -0.2) is 0 Å². The van der Waals surface area contributed by atoms with Crippen LogP contribution < -0.4 is 15.5 Å². The number of hydrogen-bond acceptors (Lipinski definition) is 3. The van der Waals surface area contributed by atoms with Crippen molar-refractivity contribution in [2.75, 3.05) is 35.2 Å². The van der Waals surface area contributed by atoms with E-state index in [4.69, 9.17) is 5.73 Å². The minimum Gasteiger partial charge on any atom is -0.398 e. The highest BCUT2D eigenvalue weighted by molar-refractivity contribution is 5.98. The third-order valence-electron chi connectivity index (χ3n) is 4.90. The standard InChI is InChI=1S/C19H21N3O/c20-16-7-3-9-18-15(16)6-4-11-21(18)13-19(23)22-12-10-14-5-1-2-8-17(14)22/h1-3,5,7-9H,4,6,10-13,20H2. The number of rotatable bonds is 2. The smallest absolute Gasteiger partial charge is 0.246 e. The maximum Gasteiger partial charge on any atom is 0.246 e. The zero-order valence-electron chi connectivity index (χ0n) is 13.2. The molecule has 2 aromatic carbocycles. The fourth-order valence-corrected chi connectivity index (χ4v) is 3.74. The van der Waals surface area contributed by atoms with Gasteiger partial charge in [-0.05, 0) is 48.6 Å². The average molecular weight is 307 g/mol. The average Bonchev–Trinajstić information content (AvgIpc) is 3.00. The molecule has 2 N–H and O–H groups in total. The molecule has 0 bridgehead atoms. The van der Waals surface area contributed by atoms with E-state index in [1.54, 1.807) is 0 Å². The van der Waals surface area contributed by atoms with Crippen molar-refractivity contribution in [1.82, 2.24) is 0 Å². The summed E-state index contributed by atoms with van der Waals surface area (Å²) in [6.45, 7) is 2.12. The molecule has 0 saturated carbocycles. The zero-order valence-corrected chi connectivity index (χ0v) is 13.2. The third kappa shape index (κ3) is 2.44. The minimum absolute atomic E-state index is 0.172. The monoisotopic (exact) mass is 307 g/mol. The highest BCUT2D eigenvalue weighted by Gasteiger charge is 2.27. The zero-order chi connectivity index (χ0) is 15.8. The fraction of sp³-hybridized carbons (Fsp3) is 0.316. The van der Waals surface area contributed by atoms with E-state index in [1.807, 2.05) is 35.2 Å². The molecule has 1 amide bonds.